The number of ether oxygens (including phenoxy) is 4. The molecule has 6 rings (SSSR count). The molecule has 0 spiro atoms. The monoisotopic (exact) mass is 1040 g/mol. The van der Waals surface area contributed by atoms with Crippen LogP contribution in [0.4, 0.5) is 17.1 Å². The number of carboxylic acid groups (broad SMARTS) is 1. The van der Waals surface area contributed by atoms with Crippen molar-refractivity contribution in [1.82, 2.24) is 15.0 Å². The number of rotatable bonds is 15. The van der Waals surface area contributed by atoms with Gasteiger partial charge in [-0.1, -0.05) is 41.5 Å². The molecule has 1 N–H and O–H groups in total. The topological polar surface area (TPSA) is 276 Å². The highest BCUT2D eigenvalue weighted by molar-refractivity contribution is 5.92. The van der Waals surface area contributed by atoms with Crippen LogP contribution < -0.4 is 14.2 Å². The van der Waals surface area contributed by atoms with Gasteiger partial charge in [0.1, 0.15) is 40.1 Å². The molecule has 0 unspecified atom stereocenters. The van der Waals surface area contributed by atoms with Crippen molar-refractivity contribution in [3.63, 3.8) is 0 Å². The van der Waals surface area contributed by atoms with Gasteiger partial charge in [0, 0.05) is 102 Å². The third-order valence-corrected chi connectivity index (χ3v) is 7.97. The Morgan fingerprint density at radius 2 is 0.784 bits per heavy atom. The van der Waals surface area contributed by atoms with E-state index in [1.807, 2.05) is 41.5 Å². The van der Waals surface area contributed by atoms with Crippen molar-refractivity contribution in [2.24, 2.45) is 0 Å². The average molecular weight is 1040 g/mol. The molecule has 3 aromatic heterocycles. The molecule has 20 nitrogen and oxygen atoms in total. The summed E-state index contributed by atoms with van der Waals surface area (Å²) in [6.45, 7) is 18.8. The molecule has 0 amide bonds. The lowest BCUT2D eigenvalue weighted by atomic mass is 10.2. The number of carboxylic acids is 1. The van der Waals surface area contributed by atoms with Crippen LogP contribution in [0.25, 0.3) is 18.2 Å². The molecule has 0 aliphatic heterocycles. The van der Waals surface area contributed by atoms with E-state index in [-0.39, 0.29) is 35.3 Å². The van der Waals surface area contributed by atoms with Crippen molar-refractivity contribution >= 4 is 65.4 Å². The van der Waals surface area contributed by atoms with Crippen molar-refractivity contribution in [2.75, 3.05) is 0 Å². The first-order valence-corrected chi connectivity index (χ1v) is 22.5. The summed E-state index contributed by atoms with van der Waals surface area (Å²) < 4.78 is 22.1. The molecule has 3 heterocycles. The molecule has 0 saturated carbocycles. The maximum atomic E-state index is 11.8. The molecule has 0 aliphatic rings. The number of non-ortho nitro benzene ring substituents is 3. The largest absolute Gasteiger partial charge is 0.478 e. The number of pyridine rings is 3. The molecule has 0 bridgehead atoms. The van der Waals surface area contributed by atoms with Gasteiger partial charge in [0.15, 0.2) is 5.78 Å². The number of nitro groups is 3. The summed E-state index contributed by atoms with van der Waals surface area (Å²) >= 11 is 0. The summed E-state index contributed by atoms with van der Waals surface area (Å²) in [5.41, 5.74) is 1.06. The van der Waals surface area contributed by atoms with Crippen LogP contribution in [0.3, 0.4) is 0 Å². The van der Waals surface area contributed by atoms with Crippen LogP contribution in [0.2, 0.25) is 0 Å². The van der Waals surface area contributed by atoms with E-state index in [1.165, 1.54) is 110 Å². The quantitative estimate of drug-likeness (QED) is 0.0433. The fraction of sp³-hybridized carbons (Fsp3) is 0.208. The van der Waals surface area contributed by atoms with Crippen molar-refractivity contribution < 1.29 is 53.2 Å². The van der Waals surface area contributed by atoms with Crippen LogP contribution in [0.5, 0.6) is 34.5 Å². The number of esters is 1. The number of carbonyl (C=O) groups is 3. The van der Waals surface area contributed by atoms with Crippen LogP contribution in [-0.2, 0) is 19.1 Å². The molecule has 21 heteroatoms. The number of aliphatic carboxylic acids is 1. The number of nitro benzene ring substituents is 3. The summed E-state index contributed by atoms with van der Waals surface area (Å²) in [6, 6.07) is 21.9. The lowest BCUT2D eigenvalue weighted by Gasteiger charge is -2.17. The second-order valence-electron chi connectivity index (χ2n) is 14.3. The lowest BCUT2D eigenvalue weighted by Crippen LogP contribution is -2.22. The fourth-order valence-corrected chi connectivity index (χ4v) is 4.99. The lowest BCUT2D eigenvalue weighted by molar-refractivity contribution is -0.385. The normalized spacial score (nSPS) is 10.0. The second kappa shape index (κ2) is 35.0. The van der Waals surface area contributed by atoms with Gasteiger partial charge in [-0.15, -0.1) is 12.4 Å². The summed E-state index contributed by atoms with van der Waals surface area (Å²) in [5.74, 6) is 1.03. The maximum Gasteiger partial charge on any atom is 0.331 e. The molecule has 6 aromatic rings. The van der Waals surface area contributed by atoms with Crippen molar-refractivity contribution in [3.8, 4) is 34.5 Å². The van der Waals surface area contributed by atoms with E-state index in [4.69, 9.17) is 24.1 Å². The number of hydrogen-bond donors (Lipinski definition) is 1. The Morgan fingerprint density at radius 1 is 0.500 bits per heavy atom. The maximum absolute atomic E-state index is 11.8. The molecular formula is C53H59ClN6O14. The number of aromatic nitrogens is 3. The van der Waals surface area contributed by atoms with E-state index >= 15 is 0 Å². The molecular weight excluding hydrogens is 980 g/mol. The molecule has 74 heavy (non-hydrogen) atoms. The van der Waals surface area contributed by atoms with Crippen LogP contribution in [0, 0.1) is 30.3 Å². The number of carbonyl (C=O) groups excluding carboxylic acids is 2. The molecule has 3 aromatic carbocycles. The van der Waals surface area contributed by atoms with Crippen LogP contribution in [0.1, 0.15) is 85.9 Å². The van der Waals surface area contributed by atoms with Gasteiger partial charge < -0.3 is 24.1 Å². The smallest absolute Gasteiger partial charge is 0.331 e. The van der Waals surface area contributed by atoms with E-state index in [1.54, 1.807) is 75.9 Å². The predicted octanol–water partition coefficient (Wildman–Crippen LogP) is 13.9. The van der Waals surface area contributed by atoms with Crippen LogP contribution >= 0.6 is 12.4 Å². The van der Waals surface area contributed by atoms with E-state index in [0.717, 1.165) is 6.08 Å². The number of allylic oxidation sites excluding steroid dienone is 1. The Balaban J connectivity index is 0.00000102. The highest BCUT2D eigenvalue weighted by atomic mass is 35.5. The van der Waals surface area contributed by atoms with E-state index in [2.05, 4.69) is 15.0 Å². The van der Waals surface area contributed by atoms with Crippen LogP contribution in [0.15, 0.2) is 146 Å². The number of hydrogen-bond acceptors (Lipinski definition) is 16. The van der Waals surface area contributed by atoms with Crippen molar-refractivity contribution in [2.45, 2.75) is 74.8 Å². The van der Waals surface area contributed by atoms with E-state index in [9.17, 15) is 44.7 Å². The minimum absolute atomic E-state index is 0. The van der Waals surface area contributed by atoms with Gasteiger partial charge in [0.2, 0.25) is 0 Å². The van der Waals surface area contributed by atoms with E-state index < -0.39 is 32.3 Å². The average Bonchev–Trinajstić information content (AvgIpc) is 3.37. The Bertz CT molecular complexity index is 2670. The Morgan fingerprint density at radius 3 is 1.04 bits per heavy atom. The Hall–Kier alpha value is -9.17. The van der Waals surface area contributed by atoms with Crippen molar-refractivity contribution in [3.05, 3.63) is 193 Å². The first-order valence-electron chi connectivity index (χ1n) is 22.5. The zero-order valence-corrected chi connectivity index (χ0v) is 43.3. The third-order valence-electron chi connectivity index (χ3n) is 7.97. The summed E-state index contributed by atoms with van der Waals surface area (Å²) in [6.07, 6.45) is 17.4. The summed E-state index contributed by atoms with van der Waals surface area (Å²) in [5, 5.41) is 40.5. The molecule has 392 valence electrons. The van der Waals surface area contributed by atoms with Crippen molar-refractivity contribution in [1.29, 1.82) is 0 Å². The highest BCUT2D eigenvalue weighted by Gasteiger charge is 2.15. The zero-order valence-electron chi connectivity index (χ0n) is 42.4. The summed E-state index contributed by atoms with van der Waals surface area (Å²) in [4.78, 5) is 75.5. The number of ketones is 1. The number of halogens is 1. The Labute approximate surface area is 434 Å². The third kappa shape index (κ3) is 25.1. The Kier molecular flexibility index (Phi) is 30.7. The molecule has 0 aliphatic carbocycles. The fourth-order valence-electron chi connectivity index (χ4n) is 4.99. The molecule has 0 atom stereocenters. The summed E-state index contributed by atoms with van der Waals surface area (Å²) in [7, 11) is 0. The molecule has 0 saturated heterocycles. The SMILES string of the molecule is CC.CC.CC.CC(=O)/C=C/c1cnccc1Oc1ccc([N+](=O)[O-])cc1.CC(C)(C)OC(=O)/C=C/c1cnccc1Oc1ccc([N+](=O)[O-])cc1.Cl.O=C(O)/C=C/c1cnccc1Oc1ccc([N+](=O)[O-])cc1. The van der Waals surface area contributed by atoms with Gasteiger partial charge in [0.05, 0.1) is 14.8 Å². The minimum Gasteiger partial charge on any atom is -0.478 e. The van der Waals surface area contributed by atoms with Gasteiger partial charge in [-0.3, -0.25) is 50.1 Å². The second-order valence-corrected chi connectivity index (χ2v) is 14.3. The number of nitrogens with zero attached hydrogens (tertiary/aromatic N) is 6. The standard InChI is InChI=1S/C18H18N2O5.C15H12N2O4.C14H10N2O5.3C2H6.ClH/c1-18(2,3)25-17(21)9-4-13-12-19-11-10-16(13)24-15-7-5-14(6-8-15)20(22)23;1-11(18)2-3-12-10-16-9-8-15(12)21-14-6-4-13(5-7-14)17(19)20;17-14(18)6-1-10-9-15-8-7-13(10)21-12-4-2-11(3-5-12)16(19)20;3*1-2;/h4-12H,1-3H3;2-10H,1H3;1-9H,(H,17,18);3*1-2H3;1H/b9-4+;3-2+;6-1+;;;;. The number of benzene rings is 3. The molecule has 0 radical (unpaired) electrons. The van der Waals surface area contributed by atoms with Gasteiger partial charge in [-0.2, -0.15) is 0 Å². The van der Waals surface area contributed by atoms with Gasteiger partial charge in [-0.25, -0.2) is 9.59 Å². The van der Waals surface area contributed by atoms with E-state index in [0.29, 0.717) is 51.2 Å². The first-order chi connectivity index (χ1) is 34.9. The van der Waals surface area contributed by atoms with Gasteiger partial charge >= 0.3 is 11.9 Å². The van der Waals surface area contributed by atoms with Crippen LogP contribution in [-0.4, -0.2) is 58.2 Å². The highest BCUT2D eigenvalue weighted by Crippen LogP contribution is 2.30. The van der Waals surface area contributed by atoms with Gasteiger partial charge in [-0.05, 0) is 107 Å². The predicted molar refractivity (Wildman–Crippen MR) is 285 cm³/mol. The minimum atomic E-state index is -1.08. The van der Waals surface area contributed by atoms with Gasteiger partial charge in [0.25, 0.3) is 17.1 Å². The zero-order chi connectivity index (χ0) is 54.9. The molecule has 0 fully saturated rings. The first kappa shape index (κ1) is 64.8.